The van der Waals surface area contributed by atoms with Crippen LogP contribution in [0.3, 0.4) is 0 Å². The fraction of sp³-hybridized carbons (Fsp3) is 0.579. The lowest BCUT2D eigenvalue weighted by molar-refractivity contribution is -0.138. The highest BCUT2D eigenvalue weighted by Crippen LogP contribution is 2.13. The Bertz CT molecular complexity index is 428. The third-order valence-corrected chi connectivity index (χ3v) is 3.66. The minimum atomic E-state index is -0.781. The number of aliphatic carboxylic acids is 2. The minimum Gasteiger partial charge on any atom is -0.481 e. The van der Waals surface area contributed by atoms with E-state index in [9.17, 15) is 9.59 Å². The van der Waals surface area contributed by atoms with Crippen LogP contribution in [0.25, 0.3) is 0 Å². The highest BCUT2D eigenvalue weighted by atomic mass is 16.4. The van der Waals surface area contributed by atoms with Crippen molar-refractivity contribution >= 4 is 11.9 Å². The topological polar surface area (TPSA) is 74.6 Å². The maximum atomic E-state index is 10.5. The lowest BCUT2D eigenvalue weighted by Crippen LogP contribution is -2.06. The first-order chi connectivity index (χ1) is 11.0. The second-order valence-corrected chi connectivity index (χ2v) is 5.74. The second kappa shape index (κ2) is 13.8. The van der Waals surface area contributed by atoms with Crippen LogP contribution in [0.5, 0.6) is 0 Å². The Hall–Kier alpha value is -1.84. The Morgan fingerprint density at radius 1 is 0.913 bits per heavy atom. The molecule has 0 spiro atoms. The molecule has 1 aromatic rings. The first-order valence-corrected chi connectivity index (χ1v) is 8.48. The van der Waals surface area contributed by atoms with E-state index in [1.54, 1.807) is 6.92 Å². The summed E-state index contributed by atoms with van der Waals surface area (Å²) in [6.07, 6.45) is 8.64. The van der Waals surface area contributed by atoms with E-state index >= 15 is 0 Å². The molecule has 130 valence electrons. The van der Waals surface area contributed by atoms with Crippen molar-refractivity contribution in [3.8, 4) is 0 Å². The molecule has 0 fully saturated rings. The molecule has 1 aromatic carbocycles. The number of rotatable bonds is 10. The smallest absolute Gasteiger partial charge is 0.310 e. The predicted octanol–water partition coefficient (Wildman–Crippen LogP) is 5.09. The van der Waals surface area contributed by atoms with Crippen molar-refractivity contribution in [2.75, 3.05) is 0 Å². The third-order valence-electron chi connectivity index (χ3n) is 3.66. The molecule has 1 unspecified atom stereocenters. The van der Waals surface area contributed by atoms with Gasteiger partial charge in [-0.3, -0.25) is 9.59 Å². The molecule has 0 aliphatic heterocycles. The maximum absolute atomic E-state index is 10.5. The average Bonchev–Trinajstić information content (AvgIpc) is 2.54. The van der Waals surface area contributed by atoms with Crippen molar-refractivity contribution in [2.45, 2.75) is 71.1 Å². The fourth-order valence-electron chi connectivity index (χ4n) is 2.12. The molecule has 0 aliphatic carbocycles. The van der Waals surface area contributed by atoms with Crippen molar-refractivity contribution in [3.05, 3.63) is 35.9 Å². The molecule has 0 heterocycles. The summed E-state index contributed by atoms with van der Waals surface area (Å²) < 4.78 is 0. The van der Waals surface area contributed by atoms with Gasteiger partial charge in [-0.25, -0.2) is 0 Å². The van der Waals surface area contributed by atoms with Crippen LogP contribution < -0.4 is 0 Å². The van der Waals surface area contributed by atoms with Gasteiger partial charge in [0.25, 0.3) is 0 Å². The van der Waals surface area contributed by atoms with Gasteiger partial charge >= 0.3 is 11.9 Å². The van der Waals surface area contributed by atoms with Crippen molar-refractivity contribution in [3.63, 3.8) is 0 Å². The van der Waals surface area contributed by atoms with Crippen molar-refractivity contribution in [1.29, 1.82) is 0 Å². The van der Waals surface area contributed by atoms with Gasteiger partial charge in [-0.1, -0.05) is 75.8 Å². The van der Waals surface area contributed by atoms with Crippen LogP contribution in [0, 0.1) is 0 Å². The number of carboxylic acid groups (broad SMARTS) is 2. The summed E-state index contributed by atoms with van der Waals surface area (Å²) in [5, 5.41) is 17.0. The van der Waals surface area contributed by atoms with Gasteiger partial charge in [0.2, 0.25) is 0 Å². The number of unbranched alkanes of at least 4 members (excludes halogenated alkanes) is 6. The van der Waals surface area contributed by atoms with Crippen LogP contribution >= 0.6 is 0 Å². The summed E-state index contributed by atoms with van der Waals surface area (Å²) in [5.74, 6) is -1.85. The van der Waals surface area contributed by atoms with Crippen LogP contribution in [0.15, 0.2) is 30.3 Å². The Morgan fingerprint density at radius 2 is 1.43 bits per heavy atom. The van der Waals surface area contributed by atoms with E-state index in [1.165, 1.54) is 32.1 Å². The highest BCUT2D eigenvalue weighted by Gasteiger charge is 2.11. The maximum Gasteiger partial charge on any atom is 0.310 e. The number of hydrogen-bond acceptors (Lipinski definition) is 2. The van der Waals surface area contributed by atoms with Crippen molar-refractivity contribution < 1.29 is 19.8 Å². The first kappa shape index (κ1) is 21.2. The SMILES string of the molecule is CC(C(=O)O)c1ccccc1.CCCCCCCCCC(=O)O. The standard InChI is InChI=1S/C10H20O2.C9H10O2/c1-2-3-4-5-6-7-8-9-10(11)12;1-7(9(10)11)8-5-3-2-4-6-8/h2-9H2,1H3,(H,11,12);2-7H,1H3,(H,10,11). The summed E-state index contributed by atoms with van der Waals surface area (Å²) >= 11 is 0. The largest absolute Gasteiger partial charge is 0.481 e. The third kappa shape index (κ3) is 12.4. The molecular weight excluding hydrogens is 292 g/mol. The van der Waals surface area contributed by atoms with E-state index in [-0.39, 0.29) is 0 Å². The molecule has 2 N–H and O–H groups in total. The molecule has 0 bridgehead atoms. The lowest BCUT2D eigenvalue weighted by Gasteiger charge is -2.04. The Labute approximate surface area is 139 Å². The summed E-state index contributed by atoms with van der Waals surface area (Å²) in [6, 6.07) is 9.19. The molecule has 0 radical (unpaired) electrons. The van der Waals surface area contributed by atoms with Gasteiger partial charge in [0.1, 0.15) is 0 Å². The molecular formula is C19H30O4. The number of benzene rings is 1. The zero-order valence-electron chi connectivity index (χ0n) is 14.3. The highest BCUT2D eigenvalue weighted by molar-refractivity contribution is 5.75. The van der Waals surface area contributed by atoms with Gasteiger partial charge in [-0.2, -0.15) is 0 Å². The Balaban J connectivity index is 0.000000422. The van der Waals surface area contributed by atoms with Crippen LogP contribution in [0.1, 0.15) is 76.7 Å². The van der Waals surface area contributed by atoms with Crippen LogP contribution in [0.2, 0.25) is 0 Å². The quantitative estimate of drug-likeness (QED) is 0.589. The Morgan fingerprint density at radius 3 is 1.91 bits per heavy atom. The monoisotopic (exact) mass is 322 g/mol. The molecule has 0 amide bonds. The van der Waals surface area contributed by atoms with E-state index in [0.717, 1.165) is 18.4 Å². The number of hydrogen-bond donors (Lipinski definition) is 2. The van der Waals surface area contributed by atoms with E-state index in [0.29, 0.717) is 6.42 Å². The lowest BCUT2D eigenvalue weighted by atomic mass is 10.0. The normalized spacial score (nSPS) is 11.2. The van der Waals surface area contributed by atoms with Crippen LogP contribution in [0.4, 0.5) is 0 Å². The number of carboxylic acids is 2. The summed E-state index contributed by atoms with van der Waals surface area (Å²) in [5.41, 5.74) is 0.847. The second-order valence-electron chi connectivity index (χ2n) is 5.74. The van der Waals surface area contributed by atoms with E-state index in [4.69, 9.17) is 10.2 Å². The van der Waals surface area contributed by atoms with Gasteiger partial charge in [-0.15, -0.1) is 0 Å². The average molecular weight is 322 g/mol. The van der Waals surface area contributed by atoms with E-state index in [1.807, 2.05) is 30.3 Å². The molecule has 4 heteroatoms. The molecule has 1 atom stereocenters. The fourth-order valence-corrected chi connectivity index (χ4v) is 2.12. The van der Waals surface area contributed by atoms with E-state index < -0.39 is 17.9 Å². The molecule has 1 rings (SSSR count). The summed E-state index contributed by atoms with van der Waals surface area (Å²) in [4.78, 5) is 20.6. The zero-order chi connectivity index (χ0) is 17.5. The summed E-state index contributed by atoms with van der Waals surface area (Å²) in [7, 11) is 0. The minimum absolute atomic E-state index is 0.341. The van der Waals surface area contributed by atoms with Gasteiger partial charge in [0, 0.05) is 6.42 Å². The molecule has 4 nitrogen and oxygen atoms in total. The molecule has 0 saturated carbocycles. The molecule has 0 saturated heterocycles. The van der Waals surface area contributed by atoms with Gasteiger partial charge in [0.15, 0.2) is 0 Å². The zero-order valence-corrected chi connectivity index (χ0v) is 14.3. The first-order valence-electron chi connectivity index (χ1n) is 8.48. The van der Waals surface area contributed by atoms with Crippen LogP contribution in [-0.4, -0.2) is 22.2 Å². The van der Waals surface area contributed by atoms with Gasteiger partial charge in [-0.05, 0) is 18.9 Å². The van der Waals surface area contributed by atoms with Crippen molar-refractivity contribution in [2.24, 2.45) is 0 Å². The number of carbonyl (C=O) groups is 2. The van der Waals surface area contributed by atoms with Gasteiger partial charge in [0.05, 0.1) is 5.92 Å². The molecule has 23 heavy (non-hydrogen) atoms. The summed E-state index contributed by atoms with van der Waals surface area (Å²) in [6.45, 7) is 3.88. The molecule has 0 aromatic heterocycles. The van der Waals surface area contributed by atoms with Crippen LogP contribution in [-0.2, 0) is 9.59 Å². The van der Waals surface area contributed by atoms with E-state index in [2.05, 4.69) is 6.92 Å². The van der Waals surface area contributed by atoms with Crippen molar-refractivity contribution in [1.82, 2.24) is 0 Å². The molecule has 0 aliphatic rings. The Kier molecular flexibility index (Phi) is 12.7. The predicted molar refractivity (Wildman–Crippen MR) is 92.7 cm³/mol. The van der Waals surface area contributed by atoms with Gasteiger partial charge < -0.3 is 10.2 Å².